The maximum absolute atomic E-state index is 10.2. The first-order valence-corrected chi connectivity index (χ1v) is 4.65. The van der Waals surface area contributed by atoms with Gasteiger partial charge in [-0.2, -0.15) is 5.10 Å². The highest BCUT2D eigenvalue weighted by atomic mass is 16.1. The second-order valence-electron chi connectivity index (χ2n) is 3.17. The van der Waals surface area contributed by atoms with Crippen LogP contribution in [0.1, 0.15) is 5.56 Å². The summed E-state index contributed by atoms with van der Waals surface area (Å²) < 4.78 is 1.78. The van der Waals surface area contributed by atoms with Gasteiger partial charge >= 0.3 is 0 Å². The van der Waals surface area contributed by atoms with E-state index >= 15 is 0 Å². The molecular weight excluding hydrogens is 190 g/mol. The molecule has 2 aromatic rings. The zero-order valence-corrected chi connectivity index (χ0v) is 8.13. The van der Waals surface area contributed by atoms with Gasteiger partial charge in [0, 0.05) is 6.20 Å². The number of benzene rings is 1. The van der Waals surface area contributed by atoms with Crippen molar-refractivity contribution in [1.29, 1.82) is 0 Å². The second kappa shape index (κ2) is 4.41. The van der Waals surface area contributed by atoms with E-state index in [0.29, 0.717) is 18.6 Å². The van der Waals surface area contributed by atoms with Gasteiger partial charge in [0.1, 0.15) is 0 Å². The third-order valence-electron chi connectivity index (χ3n) is 2.05. The van der Waals surface area contributed by atoms with Crippen molar-refractivity contribution < 1.29 is 4.79 Å². The first-order chi connectivity index (χ1) is 7.38. The van der Waals surface area contributed by atoms with Crippen LogP contribution in [0.4, 0.5) is 5.69 Å². The Morgan fingerprint density at radius 3 is 2.87 bits per heavy atom. The molecule has 0 fully saturated rings. The molecular formula is C11H11N3O. The molecule has 1 heterocycles. The number of nitrogens with zero attached hydrogens (tertiary/aromatic N) is 2. The number of hydrogen-bond donors (Lipinski definition) is 1. The van der Waals surface area contributed by atoms with Crippen LogP contribution in [-0.2, 0) is 11.3 Å². The summed E-state index contributed by atoms with van der Waals surface area (Å²) in [6.07, 6.45) is 4.06. The Hall–Kier alpha value is -2.10. The molecule has 1 aromatic carbocycles. The van der Waals surface area contributed by atoms with Crippen LogP contribution in [0.15, 0.2) is 42.7 Å². The second-order valence-corrected chi connectivity index (χ2v) is 3.17. The molecule has 0 unspecified atom stereocenters. The van der Waals surface area contributed by atoms with Gasteiger partial charge in [-0.05, 0) is 5.56 Å². The van der Waals surface area contributed by atoms with Crippen molar-refractivity contribution in [2.75, 3.05) is 5.32 Å². The quantitative estimate of drug-likeness (QED) is 0.762. The topological polar surface area (TPSA) is 46.9 Å². The zero-order chi connectivity index (χ0) is 10.5. The van der Waals surface area contributed by atoms with E-state index in [2.05, 4.69) is 10.4 Å². The Labute approximate surface area is 87.5 Å². The lowest BCUT2D eigenvalue weighted by Crippen LogP contribution is -1.99. The third-order valence-corrected chi connectivity index (χ3v) is 2.05. The molecule has 0 atom stereocenters. The van der Waals surface area contributed by atoms with E-state index < -0.39 is 0 Å². The summed E-state index contributed by atoms with van der Waals surface area (Å²) in [4.78, 5) is 10.2. The zero-order valence-electron chi connectivity index (χ0n) is 8.13. The Morgan fingerprint density at radius 1 is 1.33 bits per heavy atom. The number of hydrogen-bond acceptors (Lipinski definition) is 2. The van der Waals surface area contributed by atoms with E-state index in [1.54, 1.807) is 17.1 Å². The van der Waals surface area contributed by atoms with Crippen LogP contribution in [0.3, 0.4) is 0 Å². The number of carbonyl (C=O) groups excluding carboxylic acids is 1. The minimum Gasteiger partial charge on any atom is -0.326 e. The van der Waals surface area contributed by atoms with Gasteiger partial charge < -0.3 is 5.32 Å². The summed E-state index contributed by atoms with van der Waals surface area (Å²) in [5.41, 5.74) is 1.89. The summed E-state index contributed by atoms with van der Waals surface area (Å²) in [5.74, 6) is 0. The molecule has 4 heteroatoms. The minimum absolute atomic E-state index is 0.643. The van der Waals surface area contributed by atoms with E-state index in [1.165, 1.54) is 5.56 Å². The minimum atomic E-state index is 0.643. The van der Waals surface area contributed by atoms with Crippen molar-refractivity contribution in [1.82, 2.24) is 9.78 Å². The molecule has 0 saturated carbocycles. The number of anilines is 1. The van der Waals surface area contributed by atoms with Crippen LogP contribution in [0.25, 0.3) is 0 Å². The van der Waals surface area contributed by atoms with Crippen molar-refractivity contribution in [2.45, 2.75) is 6.54 Å². The fraction of sp³-hybridized carbons (Fsp3) is 0.0909. The third kappa shape index (κ3) is 2.43. The van der Waals surface area contributed by atoms with Crippen molar-refractivity contribution >= 4 is 12.1 Å². The Balaban J connectivity index is 2.08. The molecule has 0 aliphatic carbocycles. The molecule has 4 nitrogen and oxygen atoms in total. The van der Waals surface area contributed by atoms with Gasteiger partial charge in [-0.1, -0.05) is 30.3 Å². The summed E-state index contributed by atoms with van der Waals surface area (Å²) in [7, 11) is 0. The van der Waals surface area contributed by atoms with Crippen molar-refractivity contribution in [2.24, 2.45) is 0 Å². The van der Waals surface area contributed by atoms with Crippen LogP contribution in [-0.4, -0.2) is 16.2 Å². The molecule has 1 amide bonds. The standard InChI is InChI=1S/C11H11N3O/c15-9-12-11-6-13-14(8-11)7-10-4-2-1-3-5-10/h1-6,8-9H,7H2,(H,12,15). The highest BCUT2D eigenvalue weighted by Gasteiger charge is 1.97. The van der Waals surface area contributed by atoms with Crippen molar-refractivity contribution in [3.63, 3.8) is 0 Å². The molecule has 76 valence electrons. The van der Waals surface area contributed by atoms with E-state index in [-0.39, 0.29) is 0 Å². The summed E-state index contributed by atoms with van der Waals surface area (Å²) in [6.45, 7) is 0.710. The van der Waals surface area contributed by atoms with E-state index in [1.807, 2.05) is 30.3 Å². The molecule has 0 bridgehead atoms. The average Bonchev–Trinajstić information content (AvgIpc) is 2.68. The fourth-order valence-electron chi connectivity index (χ4n) is 1.36. The largest absolute Gasteiger partial charge is 0.326 e. The van der Waals surface area contributed by atoms with Crippen LogP contribution in [0, 0.1) is 0 Å². The smallest absolute Gasteiger partial charge is 0.211 e. The van der Waals surface area contributed by atoms with Crippen LogP contribution in [0.5, 0.6) is 0 Å². The monoisotopic (exact) mass is 201 g/mol. The Kier molecular flexibility index (Phi) is 2.78. The highest BCUT2D eigenvalue weighted by molar-refractivity contribution is 5.69. The van der Waals surface area contributed by atoms with Gasteiger partial charge in [-0.15, -0.1) is 0 Å². The summed E-state index contributed by atoms with van der Waals surface area (Å²) in [5, 5.41) is 6.68. The Bertz CT molecular complexity index is 436. The average molecular weight is 201 g/mol. The van der Waals surface area contributed by atoms with Crippen molar-refractivity contribution in [3.8, 4) is 0 Å². The number of nitrogens with one attached hydrogen (secondary N) is 1. The van der Waals surface area contributed by atoms with Gasteiger partial charge in [0.25, 0.3) is 0 Å². The van der Waals surface area contributed by atoms with Gasteiger partial charge in [0.2, 0.25) is 6.41 Å². The van der Waals surface area contributed by atoms with Crippen LogP contribution in [0.2, 0.25) is 0 Å². The maximum Gasteiger partial charge on any atom is 0.211 e. The molecule has 0 aliphatic heterocycles. The first kappa shape index (κ1) is 9.45. The van der Waals surface area contributed by atoms with E-state index in [9.17, 15) is 4.79 Å². The molecule has 0 radical (unpaired) electrons. The van der Waals surface area contributed by atoms with Crippen LogP contribution >= 0.6 is 0 Å². The summed E-state index contributed by atoms with van der Waals surface area (Å²) >= 11 is 0. The fourth-order valence-corrected chi connectivity index (χ4v) is 1.36. The van der Waals surface area contributed by atoms with E-state index in [0.717, 1.165) is 0 Å². The number of carbonyl (C=O) groups is 1. The van der Waals surface area contributed by atoms with E-state index in [4.69, 9.17) is 0 Å². The number of rotatable bonds is 4. The molecule has 0 saturated heterocycles. The van der Waals surface area contributed by atoms with Crippen LogP contribution < -0.4 is 5.32 Å². The number of amides is 1. The molecule has 0 spiro atoms. The SMILES string of the molecule is O=CNc1cnn(Cc2ccccc2)c1. The predicted octanol–water partition coefficient (Wildman–Crippen LogP) is 1.50. The van der Waals surface area contributed by atoms with Crippen molar-refractivity contribution in [3.05, 3.63) is 48.3 Å². The number of aromatic nitrogens is 2. The molecule has 0 aliphatic rings. The lowest BCUT2D eigenvalue weighted by Gasteiger charge is -2.00. The first-order valence-electron chi connectivity index (χ1n) is 4.65. The Morgan fingerprint density at radius 2 is 2.13 bits per heavy atom. The predicted molar refractivity (Wildman–Crippen MR) is 57.5 cm³/mol. The normalized spacial score (nSPS) is 9.87. The lowest BCUT2D eigenvalue weighted by molar-refractivity contribution is -0.105. The molecule has 15 heavy (non-hydrogen) atoms. The lowest BCUT2D eigenvalue weighted by atomic mass is 10.2. The van der Waals surface area contributed by atoms with Gasteiger partial charge in [-0.3, -0.25) is 9.48 Å². The van der Waals surface area contributed by atoms with Gasteiger partial charge in [0.05, 0.1) is 18.4 Å². The molecule has 1 N–H and O–H groups in total. The summed E-state index contributed by atoms with van der Waals surface area (Å²) in [6, 6.07) is 10.0. The molecule has 1 aromatic heterocycles. The highest BCUT2D eigenvalue weighted by Crippen LogP contribution is 2.06. The van der Waals surface area contributed by atoms with Gasteiger partial charge in [0.15, 0.2) is 0 Å². The van der Waals surface area contributed by atoms with Gasteiger partial charge in [-0.25, -0.2) is 0 Å². The molecule has 2 rings (SSSR count). The maximum atomic E-state index is 10.2.